The molecule has 3 amide bonds. The molecule has 26 heavy (non-hydrogen) atoms. The maximum atomic E-state index is 12.2. The van der Waals surface area contributed by atoms with Gasteiger partial charge in [-0.05, 0) is 30.3 Å². The Hall–Kier alpha value is -3.55. The van der Waals surface area contributed by atoms with Crippen molar-refractivity contribution < 1.29 is 23.9 Å². The van der Waals surface area contributed by atoms with Gasteiger partial charge in [0.05, 0.1) is 19.9 Å². The first kappa shape index (κ1) is 18.8. The first-order chi connectivity index (χ1) is 12.4. The number of carbonyl (C=O) groups is 3. The molecule has 136 valence electrons. The van der Waals surface area contributed by atoms with E-state index in [0.29, 0.717) is 28.6 Å². The SMILES string of the molecule is COc1ccc(OC)c(NC(=O)C(=O)Nc2cccc(NC(C)=O)c2)c1. The van der Waals surface area contributed by atoms with Gasteiger partial charge in [0, 0.05) is 24.4 Å². The fourth-order valence-electron chi connectivity index (χ4n) is 2.16. The molecule has 0 saturated carbocycles. The Morgan fingerprint density at radius 3 is 2.08 bits per heavy atom. The van der Waals surface area contributed by atoms with Crippen molar-refractivity contribution in [3.63, 3.8) is 0 Å². The van der Waals surface area contributed by atoms with Gasteiger partial charge in [-0.25, -0.2) is 0 Å². The molecule has 0 heterocycles. The molecule has 0 aliphatic rings. The van der Waals surface area contributed by atoms with Gasteiger partial charge in [-0.2, -0.15) is 0 Å². The summed E-state index contributed by atoms with van der Waals surface area (Å²) in [6, 6.07) is 11.3. The van der Waals surface area contributed by atoms with Gasteiger partial charge in [0.1, 0.15) is 11.5 Å². The molecule has 8 heteroatoms. The number of amides is 3. The molecule has 2 aromatic rings. The standard InChI is InChI=1S/C18H19N3O5/c1-11(22)19-12-5-4-6-13(9-12)20-17(23)18(24)21-15-10-14(25-2)7-8-16(15)26-3/h4-10H,1-3H3,(H,19,22)(H,20,23)(H,21,24). The second-order valence-corrected chi connectivity index (χ2v) is 5.24. The molecule has 0 radical (unpaired) electrons. The van der Waals surface area contributed by atoms with E-state index in [4.69, 9.17) is 9.47 Å². The topological polar surface area (TPSA) is 106 Å². The fraction of sp³-hybridized carbons (Fsp3) is 0.167. The zero-order valence-electron chi connectivity index (χ0n) is 14.6. The quantitative estimate of drug-likeness (QED) is 0.712. The van der Waals surface area contributed by atoms with Gasteiger partial charge in [0.25, 0.3) is 0 Å². The Balaban J connectivity index is 2.09. The maximum absolute atomic E-state index is 12.2. The zero-order chi connectivity index (χ0) is 19.1. The average molecular weight is 357 g/mol. The van der Waals surface area contributed by atoms with Crippen LogP contribution in [-0.2, 0) is 14.4 Å². The van der Waals surface area contributed by atoms with Crippen molar-refractivity contribution in [2.75, 3.05) is 30.2 Å². The van der Waals surface area contributed by atoms with Gasteiger partial charge < -0.3 is 25.4 Å². The van der Waals surface area contributed by atoms with Crippen molar-refractivity contribution in [2.45, 2.75) is 6.92 Å². The molecule has 0 atom stereocenters. The van der Waals surface area contributed by atoms with Crippen LogP contribution in [-0.4, -0.2) is 31.9 Å². The van der Waals surface area contributed by atoms with Crippen molar-refractivity contribution in [2.24, 2.45) is 0 Å². The van der Waals surface area contributed by atoms with E-state index in [1.165, 1.54) is 21.1 Å². The number of benzene rings is 2. The van der Waals surface area contributed by atoms with Crippen LogP contribution in [0.5, 0.6) is 11.5 Å². The molecule has 0 fully saturated rings. The highest BCUT2D eigenvalue weighted by atomic mass is 16.5. The van der Waals surface area contributed by atoms with Gasteiger partial charge in [0.15, 0.2) is 0 Å². The molecule has 3 N–H and O–H groups in total. The van der Waals surface area contributed by atoms with Crippen molar-refractivity contribution in [1.82, 2.24) is 0 Å². The predicted molar refractivity (Wildman–Crippen MR) is 97.6 cm³/mol. The lowest BCUT2D eigenvalue weighted by Gasteiger charge is -2.12. The minimum absolute atomic E-state index is 0.240. The third-order valence-corrected chi connectivity index (χ3v) is 3.30. The highest BCUT2D eigenvalue weighted by Gasteiger charge is 2.17. The highest BCUT2D eigenvalue weighted by Crippen LogP contribution is 2.28. The number of anilines is 3. The molecule has 0 aliphatic carbocycles. The average Bonchev–Trinajstić information content (AvgIpc) is 2.61. The Kier molecular flexibility index (Phi) is 6.15. The van der Waals surface area contributed by atoms with E-state index >= 15 is 0 Å². The van der Waals surface area contributed by atoms with E-state index in [1.807, 2.05) is 0 Å². The van der Waals surface area contributed by atoms with Crippen LogP contribution >= 0.6 is 0 Å². The van der Waals surface area contributed by atoms with Crippen LogP contribution in [0.15, 0.2) is 42.5 Å². The summed E-state index contributed by atoms with van der Waals surface area (Å²) >= 11 is 0. The molecule has 8 nitrogen and oxygen atoms in total. The van der Waals surface area contributed by atoms with Crippen LogP contribution in [0, 0.1) is 0 Å². The first-order valence-corrected chi connectivity index (χ1v) is 7.65. The van der Waals surface area contributed by atoms with Crippen molar-refractivity contribution >= 4 is 34.8 Å². The van der Waals surface area contributed by atoms with Gasteiger partial charge in [-0.3, -0.25) is 14.4 Å². The van der Waals surface area contributed by atoms with Crippen LogP contribution in [0.2, 0.25) is 0 Å². The van der Waals surface area contributed by atoms with Crippen LogP contribution in [0.4, 0.5) is 17.1 Å². The summed E-state index contributed by atoms with van der Waals surface area (Å²) in [5.74, 6) is -1.09. The van der Waals surface area contributed by atoms with Crippen LogP contribution in [0.3, 0.4) is 0 Å². The Morgan fingerprint density at radius 2 is 1.46 bits per heavy atom. The maximum Gasteiger partial charge on any atom is 0.314 e. The molecular weight excluding hydrogens is 338 g/mol. The summed E-state index contributed by atoms with van der Waals surface area (Å²) < 4.78 is 10.2. The van der Waals surface area contributed by atoms with Crippen molar-refractivity contribution in [3.05, 3.63) is 42.5 Å². The summed E-state index contributed by atoms with van der Waals surface area (Å²) in [7, 11) is 2.94. The highest BCUT2D eigenvalue weighted by molar-refractivity contribution is 6.43. The number of rotatable bonds is 5. The predicted octanol–water partition coefficient (Wildman–Crippen LogP) is 2.24. The molecular formula is C18H19N3O5. The second-order valence-electron chi connectivity index (χ2n) is 5.24. The summed E-state index contributed by atoms with van der Waals surface area (Å²) in [5.41, 5.74) is 1.18. The van der Waals surface area contributed by atoms with Crippen LogP contribution < -0.4 is 25.4 Å². The van der Waals surface area contributed by atoms with Gasteiger partial charge in [-0.15, -0.1) is 0 Å². The summed E-state index contributed by atoms with van der Waals surface area (Å²) in [4.78, 5) is 35.4. The molecule has 0 bridgehead atoms. The Bertz CT molecular complexity index is 835. The second kappa shape index (κ2) is 8.52. The number of nitrogens with one attached hydrogen (secondary N) is 3. The molecule has 0 unspecified atom stereocenters. The lowest BCUT2D eigenvalue weighted by molar-refractivity contribution is -0.133. The Labute approximate surface area is 150 Å². The first-order valence-electron chi connectivity index (χ1n) is 7.65. The van der Waals surface area contributed by atoms with E-state index in [2.05, 4.69) is 16.0 Å². The van der Waals surface area contributed by atoms with Gasteiger partial charge in [0.2, 0.25) is 5.91 Å². The van der Waals surface area contributed by atoms with E-state index in [1.54, 1.807) is 42.5 Å². The fourth-order valence-corrected chi connectivity index (χ4v) is 2.16. The summed E-state index contributed by atoms with van der Waals surface area (Å²) in [6.45, 7) is 1.38. The number of hydrogen-bond acceptors (Lipinski definition) is 5. The van der Waals surface area contributed by atoms with E-state index in [9.17, 15) is 14.4 Å². The third-order valence-electron chi connectivity index (χ3n) is 3.30. The lowest BCUT2D eigenvalue weighted by atomic mass is 10.2. The molecule has 2 rings (SSSR count). The zero-order valence-corrected chi connectivity index (χ0v) is 14.6. The lowest BCUT2D eigenvalue weighted by Crippen LogP contribution is -2.29. The van der Waals surface area contributed by atoms with Crippen LogP contribution in [0.1, 0.15) is 6.92 Å². The summed E-state index contributed by atoms with van der Waals surface area (Å²) in [6.07, 6.45) is 0. The molecule has 0 saturated heterocycles. The number of carbonyl (C=O) groups excluding carboxylic acids is 3. The van der Waals surface area contributed by atoms with Gasteiger partial charge >= 0.3 is 11.8 Å². The number of ether oxygens (including phenoxy) is 2. The Morgan fingerprint density at radius 1 is 0.808 bits per heavy atom. The largest absolute Gasteiger partial charge is 0.497 e. The van der Waals surface area contributed by atoms with E-state index in [-0.39, 0.29) is 5.91 Å². The van der Waals surface area contributed by atoms with E-state index < -0.39 is 11.8 Å². The van der Waals surface area contributed by atoms with E-state index in [0.717, 1.165) is 0 Å². The smallest absolute Gasteiger partial charge is 0.314 e. The van der Waals surface area contributed by atoms with Crippen LogP contribution in [0.25, 0.3) is 0 Å². The number of methoxy groups -OCH3 is 2. The molecule has 2 aromatic carbocycles. The normalized spacial score (nSPS) is 9.81. The molecule has 0 spiro atoms. The third kappa shape index (κ3) is 4.97. The monoisotopic (exact) mass is 357 g/mol. The molecule has 0 aromatic heterocycles. The van der Waals surface area contributed by atoms with Crippen molar-refractivity contribution in [1.29, 1.82) is 0 Å². The summed E-state index contributed by atoms with van der Waals surface area (Å²) in [5, 5.41) is 7.54. The number of hydrogen-bond donors (Lipinski definition) is 3. The minimum atomic E-state index is -0.874. The minimum Gasteiger partial charge on any atom is -0.497 e. The molecule has 0 aliphatic heterocycles. The van der Waals surface area contributed by atoms with Gasteiger partial charge in [-0.1, -0.05) is 6.07 Å². The van der Waals surface area contributed by atoms with Crippen molar-refractivity contribution in [3.8, 4) is 11.5 Å².